The quantitative estimate of drug-likeness (QED) is 0.640. The van der Waals surface area contributed by atoms with Crippen LogP contribution >= 0.6 is 0 Å². The second-order valence-electron chi connectivity index (χ2n) is 2.95. The fraction of sp³-hybridized carbons (Fsp3) is 0.875. The average molecular weight is 143 g/mol. The Labute approximate surface area is 63.5 Å². The van der Waals surface area contributed by atoms with Gasteiger partial charge in [0.1, 0.15) is 0 Å². The summed E-state index contributed by atoms with van der Waals surface area (Å²) in [6.45, 7) is 2.03. The van der Waals surface area contributed by atoms with Crippen LogP contribution in [0.5, 0.6) is 0 Å². The largest absolute Gasteiger partial charge is 0.353 e. The van der Waals surface area contributed by atoms with Crippen molar-refractivity contribution in [3.8, 4) is 0 Å². The van der Waals surface area contributed by atoms with Gasteiger partial charge in [-0.2, -0.15) is 0 Å². The van der Waals surface area contributed by atoms with Crippen LogP contribution in [0.3, 0.4) is 0 Å². The number of carbonyl (C=O) groups is 1. The summed E-state index contributed by atoms with van der Waals surface area (Å²) in [5.74, 6) is 0.229. The van der Waals surface area contributed by atoms with Gasteiger partial charge in [-0.1, -0.05) is 6.92 Å². The van der Waals surface area contributed by atoms with Crippen molar-refractivity contribution in [2.45, 2.75) is 45.1 Å². The third-order valence-corrected chi connectivity index (χ3v) is 1.95. The average Bonchev–Trinajstić information content (AvgIpc) is 1.80. The van der Waals surface area contributed by atoms with E-state index in [1.807, 2.05) is 6.92 Å². The van der Waals surface area contributed by atoms with E-state index in [-0.39, 0.29) is 7.33 Å². The SMILES string of the molecule is CCCC(=O)NC1CCC1.[HH]. The molecule has 1 aliphatic rings. The van der Waals surface area contributed by atoms with Crippen molar-refractivity contribution in [1.29, 1.82) is 0 Å². The lowest BCUT2D eigenvalue weighted by molar-refractivity contribution is -0.122. The molecule has 0 unspecified atom stereocenters. The minimum absolute atomic E-state index is 0. The lowest BCUT2D eigenvalue weighted by Crippen LogP contribution is -2.39. The second kappa shape index (κ2) is 3.59. The highest BCUT2D eigenvalue weighted by Crippen LogP contribution is 2.17. The van der Waals surface area contributed by atoms with E-state index in [4.69, 9.17) is 0 Å². The smallest absolute Gasteiger partial charge is 0.220 e. The maximum atomic E-state index is 10.9. The lowest BCUT2D eigenvalue weighted by atomic mass is 9.93. The molecular formula is C8H17NO. The third kappa shape index (κ3) is 2.01. The summed E-state index contributed by atoms with van der Waals surface area (Å²) in [6.07, 6.45) is 5.32. The van der Waals surface area contributed by atoms with Crippen LogP contribution in [0, 0.1) is 0 Å². The van der Waals surface area contributed by atoms with E-state index in [9.17, 15) is 4.79 Å². The van der Waals surface area contributed by atoms with Crippen LogP contribution < -0.4 is 5.32 Å². The molecule has 0 aliphatic heterocycles. The molecule has 0 aromatic heterocycles. The molecule has 0 bridgehead atoms. The van der Waals surface area contributed by atoms with Gasteiger partial charge in [0.25, 0.3) is 0 Å². The molecule has 0 saturated heterocycles. The molecule has 2 nitrogen and oxygen atoms in total. The van der Waals surface area contributed by atoms with Crippen LogP contribution in [0.2, 0.25) is 0 Å². The Bertz CT molecular complexity index is 123. The minimum atomic E-state index is 0. The third-order valence-electron chi connectivity index (χ3n) is 1.95. The summed E-state index contributed by atoms with van der Waals surface area (Å²) in [4.78, 5) is 10.9. The zero-order valence-corrected chi connectivity index (χ0v) is 6.52. The molecule has 0 aromatic rings. The summed E-state index contributed by atoms with van der Waals surface area (Å²) in [5.41, 5.74) is 0. The first-order valence-electron chi connectivity index (χ1n) is 4.12. The van der Waals surface area contributed by atoms with E-state index >= 15 is 0 Å². The highest BCUT2D eigenvalue weighted by molar-refractivity contribution is 5.76. The predicted octanol–water partition coefficient (Wildman–Crippen LogP) is 1.70. The van der Waals surface area contributed by atoms with Crippen molar-refractivity contribution in [3.63, 3.8) is 0 Å². The van der Waals surface area contributed by atoms with Gasteiger partial charge in [-0.3, -0.25) is 4.79 Å². The Morgan fingerprint density at radius 2 is 2.40 bits per heavy atom. The summed E-state index contributed by atoms with van der Waals surface area (Å²) < 4.78 is 0. The van der Waals surface area contributed by atoms with Crippen LogP contribution in [0.25, 0.3) is 0 Å². The molecule has 0 radical (unpaired) electrons. The first-order chi connectivity index (χ1) is 4.83. The van der Waals surface area contributed by atoms with Crippen molar-refractivity contribution in [3.05, 3.63) is 0 Å². The second-order valence-corrected chi connectivity index (χ2v) is 2.95. The van der Waals surface area contributed by atoms with Crippen molar-refractivity contribution in [2.75, 3.05) is 0 Å². The van der Waals surface area contributed by atoms with Gasteiger partial charge in [0.15, 0.2) is 0 Å². The summed E-state index contributed by atoms with van der Waals surface area (Å²) in [7, 11) is 0. The molecule has 2 heteroatoms. The van der Waals surface area contributed by atoms with Gasteiger partial charge in [-0.05, 0) is 25.7 Å². The van der Waals surface area contributed by atoms with Crippen LogP contribution in [-0.2, 0) is 4.79 Å². The van der Waals surface area contributed by atoms with E-state index in [1.165, 1.54) is 19.3 Å². The van der Waals surface area contributed by atoms with Crippen LogP contribution in [-0.4, -0.2) is 11.9 Å². The normalized spacial score (nSPS) is 18.1. The van der Waals surface area contributed by atoms with Crippen molar-refractivity contribution >= 4 is 5.91 Å². The Morgan fingerprint density at radius 1 is 1.70 bits per heavy atom. The predicted molar refractivity (Wildman–Crippen MR) is 42.8 cm³/mol. The molecule has 0 spiro atoms. The molecule has 60 valence electrons. The summed E-state index contributed by atoms with van der Waals surface area (Å²) in [5, 5.41) is 2.98. The fourth-order valence-electron chi connectivity index (χ4n) is 1.08. The zero-order valence-electron chi connectivity index (χ0n) is 6.52. The molecule has 1 rings (SSSR count). The van der Waals surface area contributed by atoms with Crippen LogP contribution in [0.15, 0.2) is 0 Å². The molecule has 1 N–H and O–H groups in total. The molecule has 10 heavy (non-hydrogen) atoms. The van der Waals surface area contributed by atoms with Crippen molar-refractivity contribution in [2.24, 2.45) is 0 Å². The number of rotatable bonds is 3. The maximum Gasteiger partial charge on any atom is 0.220 e. The van der Waals surface area contributed by atoms with Crippen LogP contribution in [0.4, 0.5) is 0 Å². The van der Waals surface area contributed by atoms with E-state index in [0.717, 1.165) is 6.42 Å². The first kappa shape index (κ1) is 7.58. The van der Waals surface area contributed by atoms with Gasteiger partial charge in [-0.15, -0.1) is 0 Å². The Hall–Kier alpha value is -0.530. The fourth-order valence-corrected chi connectivity index (χ4v) is 1.08. The monoisotopic (exact) mass is 143 g/mol. The van der Waals surface area contributed by atoms with Crippen LogP contribution in [0.1, 0.15) is 40.5 Å². The number of carbonyl (C=O) groups excluding carboxylic acids is 1. The summed E-state index contributed by atoms with van der Waals surface area (Å²) >= 11 is 0. The lowest BCUT2D eigenvalue weighted by Gasteiger charge is -2.26. The zero-order chi connectivity index (χ0) is 7.40. The van der Waals surface area contributed by atoms with E-state index in [2.05, 4.69) is 5.32 Å². The van der Waals surface area contributed by atoms with Gasteiger partial charge in [0, 0.05) is 13.9 Å². The van der Waals surface area contributed by atoms with E-state index in [1.54, 1.807) is 0 Å². The van der Waals surface area contributed by atoms with Crippen molar-refractivity contribution < 1.29 is 6.22 Å². The number of amides is 1. The van der Waals surface area contributed by atoms with E-state index < -0.39 is 0 Å². The number of hydrogen-bond donors (Lipinski definition) is 1. The van der Waals surface area contributed by atoms with Crippen molar-refractivity contribution in [1.82, 2.24) is 5.32 Å². The highest BCUT2D eigenvalue weighted by atomic mass is 16.1. The van der Waals surface area contributed by atoms with Gasteiger partial charge in [-0.25, -0.2) is 0 Å². The molecule has 1 saturated carbocycles. The molecule has 0 atom stereocenters. The Balaban J connectivity index is 0.000001000. The molecule has 1 amide bonds. The standard InChI is InChI=1S/C8H15NO.H2/c1-2-4-8(10)9-7-5-3-6-7;/h7H,2-6H2,1H3,(H,9,10);1H. The number of nitrogens with one attached hydrogen (secondary N) is 1. The van der Waals surface area contributed by atoms with Gasteiger partial charge in [0.2, 0.25) is 5.91 Å². The Kier molecular flexibility index (Phi) is 2.72. The maximum absolute atomic E-state index is 10.9. The van der Waals surface area contributed by atoms with Gasteiger partial charge >= 0.3 is 0 Å². The topological polar surface area (TPSA) is 29.1 Å². The summed E-state index contributed by atoms with van der Waals surface area (Å²) in [6, 6.07) is 0.513. The molecule has 0 heterocycles. The molecule has 1 fully saturated rings. The van der Waals surface area contributed by atoms with E-state index in [0.29, 0.717) is 12.5 Å². The molecule has 1 aliphatic carbocycles. The Morgan fingerprint density at radius 3 is 2.80 bits per heavy atom. The number of hydrogen-bond acceptors (Lipinski definition) is 1. The first-order valence-corrected chi connectivity index (χ1v) is 4.12. The highest BCUT2D eigenvalue weighted by Gasteiger charge is 2.18. The van der Waals surface area contributed by atoms with Gasteiger partial charge < -0.3 is 5.32 Å². The van der Waals surface area contributed by atoms with Gasteiger partial charge in [0.05, 0.1) is 0 Å². The molecular weight excluding hydrogens is 126 g/mol. The molecule has 0 aromatic carbocycles. The minimum Gasteiger partial charge on any atom is -0.353 e.